The van der Waals surface area contributed by atoms with Crippen molar-refractivity contribution in [2.75, 3.05) is 12.4 Å². The molecule has 2 amide bonds. The van der Waals surface area contributed by atoms with E-state index < -0.39 is 60.3 Å². The van der Waals surface area contributed by atoms with Crippen LogP contribution in [0.2, 0.25) is 0 Å². The molecule has 0 saturated carbocycles. The number of esters is 1. The summed E-state index contributed by atoms with van der Waals surface area (Å²) in [5.41, 5.74) is 0.201. The van der Waals surface area contributed by atoms with Gasteiger partial charge in [-0.05, 0) is 5.56 Å². The maximum absolute atomic E-state index is 12.6. The van der Waals surface area contributed by atoms with Crippen LogP contribution in [-0.4, -0.2) is 73.7 Å². The summed E-state index contributed by atoms with van der Waals surface area (Å²) in [5, 5.41) is 30.1. The van der Waals surface area contributed by atoms with Crippen LogP contribution in [0.5, 0.6) is 0 Å². The standard InChI is InChI=1S/C20H20N2O9S/c23-12(24)6-7-13(25)31-8-11-9-32-19-14(18(28)22(19)15(11)20(29)30)21-17(27)16(26)10-4-2-1-3-5-10/h1-5,14,16,19,26H,6-9H2,(H,21,27)(H,23,24)(H,29,30)/t14-,16?,19-/m1/s1. The lowest BCUT2D eigenvalue weighted by Gasteiger charge is -2.49. The molecule has 2 heterocycles. The van der Waals surface area contributed by atoms with E-state index in [1.54, 1.807) is 30.3 Å². The van der Waals surface area contributed by atoms with Crippen molar-refractivity contribution in [2.45, 2.75) is 30.4 Å². The van der Waals surface area contributed by atoms with Gasteiger partial charge in [-0.2, -0.15) is 0 Å². The molecule has 0 bridgehead atoms. The number of β-lactam (4-membered cyclic amide) rings is 1. The normalized spacial score (nSPS) is 20.7. The molecule has 0 aliphatic carbocycles. The van der Waals surface area contributed by atoms with Crippen LogP contribution in [0.1, 0.15) is 24.5 Å². The monoisotopic (exact) mass is 464 g/mol. The SMILES string of the molecule is O=C(O)CCC(=O)OCC1=C(C(=O)O)N2C(=O)[C@@H](NC(=O)C(O)c3ccccc3)[C@H]2SC1. The van der Waals surface area contributed by atoms with Crippen LogP contribution in [0.15, 0.2) is 41.6 Å². The van der Waals surface area contributed by atoms with E-state index in [9.17, 15) is 34.2 Å². The first-order valence-electron chi connectivity index (χ1n) is 9.51. The molecule has 0 spiro atoms. The van der Waals surface area contributed by atoms with Crippen molar-refractivity contribution < 1.29 is 44.0 Å². The first-order chi connectivity index (χ1) is 15.2. The van der Waals surface area contributed by atoms with Crippen LogP contribution < -0.4 is 5.32 Å². The van der Waals surface area contributed by atoms with Crippen molar-refractivity contribution in [3.05, 3.63) is 47.2 Å². The third kappa shape index (κ3) is 4.92. The molecule has 1 fully saturated rings. The Morgan fingerprint density at radius 3 is 2.47 bits per heavy atom. The average molecular weight is 464 g/mol. The summed E-state index contributed by atoms with van der Waals surface area (Å²) in [6.07, 6.45) is -2.26. The smallest absolute Gasteiger partial charge is 0.352 e. The van der Waals surface area contributed by atoms with Crippen molar-refractivity contribution in [3.63, 3.8) is 0 Å². The highest BCUT2D eigenvalue weighted by Crippen LogP contribution is 2.40. The van der Waals surface area contributed by atoms with Gasteiger partial charge in [0.25, 0.3) is 11.8 Å². The van der Waals surface area contributed by atoms with Gasteiger partial charge in [0.05, 0.1) is 12.8 Å². The van der Waals surface area contributed by atoms with Crippen molar-refractivity contribution >= 4 is 41.5 Å². The minimum absolute atomic E-state index is 0.121. The van der Waals surface area contributed by atoms with E-state index >= 15 is 0 Å². The molecule has 1 aromatic carbocycles. The van der Waals surface area contributed by atoms with E-state index in [1.165, 1.54) is 11.8 Å². The van der Waals surface area contributed by atoms with Gasteiger partial charge in [0.15, 0.2) is 6.10 Å². The second-order valence-electron chi connectivity index (χ2n) is 7.02. The van der Waals surface area contributed by atoms with E-state index in [0.717, 1.165) is 4.90 Å². The largest absolute Gasteiger partial charge is 0.481 e. The zero-order valence-corrected chi connectivity index (χ0v) is 17.4. The summed E-state index contributed by atoms with van der Waals surface area (Å²) in [6, 6.07) is 7.13. The molecule has 170 valence electrons. The number of aliphatic carboxylic acids is 2. The Morgan fingerprint density at radius 1 is 1.16 bits per heavy atom. The topological polar surface area (TPSA) is 171 Å². The van der Waals surface area contributed by atoms with Crippen LogP contribution in [0.25, 0.3) is 0 Å². The first-order valence-corrected chi connectivity index (χ1v) is 10.6. The highest BCUT2D eigenvalue weighted by molar-refractivity contribution is 8.00. The molecule has 4 N–H and O–H groups in total. The van der Waals surface area contributed by atoms with E-state index in [4.69, 9.17) is 9.84 Å². The number of rotatable bonds is 9. The highest BCUT2D eigenvalue weighted by atomic mass is 32.2. The Bertz CT molecular complexity index is 979. The van der Waals surface area contributed by atoms with Crippen LogP contribution in [0.4, 0.5) is 0 Å². The summed E-state index contributed by atoms with van der Waals surface area (Å²) in [5.74, 6) is -4.69. The average Bonchev–Trinajstić information content (AvgIpc) is 2.78. The van der Waals surface area contributed by atoms with Gasteiger partial charge in [-0.1, -0.05) is 30.3 Å². The Labute approximate surface area is 186 Å². The van der Waals surface area contributed by atoms with Crippen molar-refractivity contribution in [1.82, 2.24) is 10.2 Å². The van der Waals surface area contributed by atoms with E-state index in [0.29, 0.717) is 5.56 Å². The van der Waals surface area contributed by atoms with Crippen LogP contribution >= 0.6 is 11.8 Å². The van der Waals surface area contributed by atoms with Crippen molar-refractivity contribution in [3.8, 4) is 0 Å². The number of aliphatic hydroxyl groups excluding tert-OH is 1. The number of nitrogens with one attached hydrogen (secondary N) is 1. The molecule has 32 heavy (non-hydrogen) atoms. The number of amides is 2. The third-order valence-corrected chi connectivity index (χ3v) is 6.20. The fourth-order valence-corrected chi connectivity index (χ4v) is 4.59. The molecule has 1 saturated heterocycles. The second kappa shape index (κ2) is 9.83. The number of aliphatic hydroxyl groups is 1. The van der Waals surface area contributed by atoms with Crippen molar-refractivity contribution in [1.29, 1.82) is 0 Å². The molecule has 12 heteroatoms. The highest BCUT2D eigenvalue weighted by Gasteiger charge is 2.54. The Kier molecular flexibility index (Phi) is 7.15. The fourth-order valence-electron chi connectivity index (χ4n) is 3.26. The second-order valence-corrected chi connectivity index (χ2v) is 8.13. The summed E-state index contributed by atoms with van der Waals surface area (Å²) >= 11 is 1.18. The summed E-state index contributed by atoms with van der Waals surface area (Å²) in [7, 11) is 0. The number of hydrogen-bond donors (Lipinski definition) is 4. The number of hydrogen-bond acceptors (Lipinski definition) is 8. The maximum Gasteiger partial charge on any atom is 0.352 e. The third-order valence-electron chi connectivity index (χ3n) is 4.86. The summed E-state index contributed by atoms with van der Waals surface area (Å²) in [4.78, 5) is 59.9. The number of carboxylic acids is 2. The maximum atomic E-state index is 12.6. The Morgan fingerprint density at radius 2 is 1.84 bits per heavy atom. The van der Waals surface area contributed by atoms with Crippen LogP contribution in [0, 0.1) is 0 Å². The lowest BCUT2D eigenvalue weighted by Crippen LogP contribution is -2.71. The molecule has 3 atom stereocenters. The molecule has 2 aliphatic rings. The number of fused-ring (bicyclic) bond motifs is 1. The molecular formula is C20H20N2O9S. The molecule has 2 aliphatic heterocycles. The number of carboxylic acid groups (broad SMARTS) is 2. The number of carbonyl (C=O) groups excluding carboxylic acids is 3. The van der Waals surface area contributed by atoms with Gasteiger partial charge >= 0.3 is 17.9 Å². The minimum Gasteiger partial charge on any atom is -0.481 e. The summed E-state index contributed by atoms with van der Waals surface area (Å²) < 4.78 is 4.95. The lowest BCUT2D eigenvalue weighted by atomic mass is 10.0. The van der Waals surface area contributed by atoms with Gasteiger partial charge in [-0.3, -0.25) is 24.1 Å². The molecule has 3 rings (SSSR count). The molecule has 11 nitrogen and oxygen atoms in total. The lowest BCUT2D eigenvalue weighted by molar-refractivity contribution is -0.152. The number of thioether (sulfide) groups is 1. The van der Waals surface area contributed by atoms with Gasteiger partial charge in [0, 0.05) is 11.3 Å². The number of benzene rings is 1. The van der Waals surface area contributed by atoms with Gasteiger partial charge < -0.3 is 25.4 Å². The Hall–Kier alpha value is -3.38. The van der Waals surface area contributed by atoms with Gasteiger partial charge in [0.1, 0.15) is 23.7 Å². The predicted octanol–water partition coefficient (Wildman–Crippen LogP) is -0.133. The van der Waals surface area contributed by atoms with Gasteiger partial charge in [-0.25, -0.2) is 4.79 Å². The number of ether oxygens (including phenoxy) is 1. The quantitative estimate of drug-likeness (QED) is 0.285. The predicted molar refractivity (Wildman–Crippen MR) is 109 cm³/mol. The Balaban J connectivity index is 1.65. The van der Waals surface area contributed by atoms with E-state index in [-0.39, 0.29) is 23.4 Å². The molecular weight excluding hydrogens is 444 g/mol. The zero-order chi connectivity index (χ0) is 23.4. The number of carbonyl (C=O) groups is 5. The molecule has 1 aromatic rings. The minimum atomic E-state index is -1.48. The first kappa shape index (κ1) is 23.3. The van der Waals surface area contributed by atoms with Crippen LogP contribution in [0.3, 0.4) is 0 Å². The fraction of sp³-hybridized carbons (Fsp3) is 0.350. The summed E-state index contributed by atoms with van der Waals surface area (Å²) in [6.45, 7) is -0.396. The molecule has 0 radical (unpaired) electrons. The van der Waals surface area contributed by atoms with Gasteiger partial charge in [0.2, 0.25) is 0 Å². The zero-order valence-electron chi connectivity index (χ0n) is 16.6. The molecule has 1 unspecified atom stereocenters. The molecule has 0 aromatic heterocycles. The van der Waals surface area contributed by atoms with Gasteiger partial charge in [-0.15, -0.1) is 11.8 Å². The van der Waals surface area contributed by atoms with E-state index in [2.05, 4.69) is 5.32 Å². The van der Waals surface area contributed by atoms with Crippen molar-refractivity contribution in [2.24, 2.45) is 0 Å². The van der Waals surface area contributed by atoms with E-state index in [1.807, 2.05) is 0 Å². The van der Waals surface area contributed by atoms with Crippen LogP contribution in [-0.2, 0) is 28.7 Å². The number of nitrogens with zero attached hydrogens (tertiary/aromatic N) is 1.